The lowest BCUT2D eigenvalue weighted by molar-refractivity contribution is -0.121. The van der Waals surface area contributed by atoms with E-state index < -0.39 is 0 Å². The normalized spacial score (nSPS) is 15.4. The molecule has 0 saturated carbocycles. The molecule has 0 aromatic heterocycles. The number of hydrogen-bond acceptors (Lipinski definition) is 5. The quantitative estimate of drug-likeness (QED) is 0.506. The van der Waals surface area contributed by atoms with Gasteiger partial charge in [-0.2, -0.15) is 0 Å². The number of nitrogens with zero attached hydrogens (tertiary/aromatic N) is 2. The second kappa shape index (κ2) is 9.26. The van der Waals surface area contributed by atoms with Crippen molar-refractivity contribution >= 4 is 51.7 Å². The van der Waals surface area contributed by atoms with Crippen molar-refractivity contribution in [1.29, 1.82) is 0 Å². The third-order valence-corrected chi connectivity index (χ3v) is 6.06. The van der Waals surface area contributed by atoms with Crippen molar-refractivity contribution in [3.63, 3.8) is 0 Å². The second-order valence-electron chi connectivity index (χ2n) is 6.57. The first-order valence-corrected chi connectivity index (χ1v) is 10.6. The Morgan fingerprint density at radius 1 is 1.07 bits per heavy atom. The van der Waals surface area contributed by atoms with Gasteiger partial charge in [-0.3, -0.25) is 9.69 Å². The Morgan fingerprint density at radius 3 is 2.32 bits per heavy atom. The molecular formula is C22H25N3OS2. The topological polar surface area (TPSA) is 35.6 Å². The standard InChI is InChI=1S/C22H25N3OS2/c1-4-24(5-2)19-12-8-17(9-13-19)14-20-21(26)25(22(27)28-20)15-23-18-10-6-16(3)7-11-18/h6-14,23H,4-5,15H2,1-3H3/b20-14+. The maximum Gasteiger partial charge on any atom is 0.267 e. The highest BCUT2D eigenvalue weighted by Crippen LogP contribution is 2.32. The van der Waals surface area contributed by atoms with Gasteiger partial charge in [0.15, 0.2) is 0 Å². The monoisotopic (exact) mass is 411 g/mol. The molecule has 6 heteroatoms. The van der Waals surface area contributed by atoms with Gasteiger partial charge in [0, 0.05) is 24.5 Å². The van der Waals surface area contributed by atoms with E-state index in [0.29, 0.717) is 15.9 Å². The number of nitrogens with one attached hydrogen (secondary N) is 1. The molecule has 2 aromatic carbocycles. The molecule has 0 aliphatic carbocycles. The Hall–Kier alpha value is -2.31. The molecule has 1 fully saturated rings. The van der Waals surface area contributed by atoms with Crippen LogP contribution < -0.4 is 10.2 Å². The molecule has 1 aliphatic rings. The number of carbonyl (C=O) groups excluding carboxylic acids is 1. The fourth-order valence-corrected chi connectivity index (χ4v) is 4.25. The summed E-state index contributed by atoms with van der Waals surface area (Å²) in [6, 6.07) is 16.4. The Labute approximate surface area is 176 Å². The summed E-state index contributed by atoms with van der Waals surface area (Å²) >= 11 is 6.77. The molecule has 2 aromatic rings. The molecule has 1 N–H and O–H groups in total. The molecule has 0 unspecified atom stereocenters. The first-order chi connectivity index (χ1) is 13.5. The molecule has 0 bridgehead atoms. The molecule has 28 heavy (non-hydrogen) atoms. The van der Waals surface area contributed by atoms with Gasteiger partial charge >= 0.3 is 0 Å². The van der Waals surface area contributed by atoms with Gasteiger partial charge < -0.3 is 10.2 Å². The van der Waals surface area contributed by atoms with Gasteiger partial charge in [0.25, 0.3) is 5.91 Å². The lowest BCUT2D eigenvalue weighted by Gasteiger charge is -2.20. The van der Waals surface area contributed by atoms with E-state index in [1.807, 2.05) is 49.4 Å². The van der Waals surface area contributed by atoms with Gasteiger partial charge in [-0.05, 0) is 56.7 Å². The first-order valence-electron chi connectivity index (χ1n) is 9.42. The van der Waals surface area contributed by atoms with Crippen LogP contribution in [0, 0.1) is 6.92 Å². The van der Waals surface area contributed by atoms with Crippen LogP contribution in [0.2, 0.25) is 0 Å². The third-order valence-electron chi connectivity index (χ3n) is 4.69. The Kier molecular flexibility index (Phi) is 6.75. The summed E-state index contributed by atoms with van der Waals surface area (Å²) in [6.45, 7) is 8.66. The number of thioether (sulfide) groups is 1. The third kappa shape index (κ3) is 4.75. The molecule has 1 saturated heterocycles. The van der Waals surface area contributed by atoms with Crippen molar-refractivity contribution in [2.45, 2.75) is 20.8 Å². The van der Waals surface area contributed by atoms with Gasteiger partial charge in [0.1, 0.15) is 4.32 Å². The van der Waals surface area contributed by atoms with Crippen molar-refractivity contribution in [3.8, 4) is 0 Å². The van der Waals surface area contributed by atoms with Gasteiger partial charge in [0.05, 0.1) is 11.6 Å². The number of benzene rings is 2. The van der Waals surface area contributed by atoms with E-state index in [1.54, 1.807) is 4.90 Å². The minimum absolute atomic E-state index is 0.0533. The molecule has 1 heterocycles. The Morgan fingerprint density at radius 2 is 1.71 bits per heavy atom. The predicted octanol–water partition coefficient (Wildman–Crippen LogP) is 5.11. The van der Waals surface area contributed by atoms with E-state index in [4.69, 9.17) is 12.2 Å². The van der Waals surface area contributed by atoms with E-state index in [1.165, 1.54) is 23.0 Å². The highest BCUT2D eigenvalue weighted by atomic mass is 32.2. The summed E-state index contributed by atoms with van der Waals surface area (Å²) in [5.74, 6) is -0.0533. The van der Waals surface area contributed by atoms with Crippen molar-refractivity contribution in [1.82, 2.24) is 4.90 Å². The first kappa shape index (κ1) is 20.4. The molecular weight excluding hydrogens is 386 g/mol. The molecule has 0 atom stereocenters. The largest absolute Gasteiger partial charge is 0.372 e. The summed E-state index contributed by atoms with van der Waals surface area (Å²) in [5, 5.41) is 3.26. The summed E-state index contributed by atoms with van der Waals surface area (Å²) in [5.41, 5.74) is 4.36. The molecule has 4 nitrogen and oxygen atoms in total. The van der Waals surface area contributed by atoms with Crippen LogP contribution in [-0.4, -0.2) is 34.9 Å². The minimum atomic E-state index is -0.0533. The van der Waals surface area contributed by atoms with Gasteiger partial charge in [0.2, 0.25) is 0 Å². The summed E-state index contributed by atoms with van der Waals surface area (Å²) in [7, 11) is 0. The van der Waals surface area contributed by atoms with Crippen LogP contribution in [0.4, 0.5) is 11.4 Å². The Bertz CT molecular complexity index is 872. The number of thiocarbonyl (C=S) groups is 1. The van der Waals surface area contributed by atoms with Crippen LogP contribution in [0.25, 0.3) is 6.08 Å². The lowest BCUT2D eigenvalue weighted by Crippen LogP contribution is -2.33. The van der Waals surface area contributed by atoms with E-state index in [2.05, 4.69) is 36.2 Å². The number of amides is 1. The maximum absolute atomic E-state index is 12.8. The van der Waals surface area contributed by atoms with Crippen molar-refractivity contribution in [2.24, 2.45) is 0 Å². The number of aryl methyl sites for hydroxylation is 1. The molecule has 1 amide bonds. The number of rotatable bonds is 7. The predicted molar refractivity (Wildman–Crippen MR) is 125 cm³/mol. The SMILES string of the molecule is CCN(CC)c1ccc(/C=C2/SC(=S)N(CNc3ccc(C)cc3)C2=O)cc1. The van der Waals surface area contributed by atoms with Crippen LogP contribution in [0.5, 0.6) is 0 Å². The van der Waals surface area contributed by atoms with Gasteiger partial charge in [-0.15, -0.1) is 0 Å². The zero-order valence-corrected chi connectivity index (χ0v) is 18.1. The molecule has 146 valence electrons. The second-order valence-corrected chi connectivity index (χ2v) is 8.25. The van der Waals surface area contributed by atoms with Gasteiger partial charge in [-0.1, -0.05) is 53.8 Å². The van der Waals surface area contributed by atoms with Crippen LogP contribution in [0.1, 0.15) is 25.0 Å². The van der Waals surface area contributed by atoms with Crippen LogP contribution in [0.3, 0.4) is 0 Å². The number of hydrogen-bond donors (Lipinski definition) is 1. The summed E-state index contributed by atoms with van der Waals surface area (Å²) < 4.78 is 0.579. The van der Waals surface area contributed by atoms with E-state index in [9.17, 15) is 4.79 Å². The zero-order valence-electron chi connectivity index (χ0n) is 16.4. The average Bonchev–Trinajstić information content (AvgIpc) is 2.96. The highest BCUT2D eigenvalue weighted by Gasteiger charge is 2.31. The fraction of sp³-hybridized carbons (Fsp3) is 0.273. The van der Waals surface area contributed by atoms with E-state index >= 15 is 0 Å². The van der Waals surface area contributed by atoms with Crippen molar-refractivity contribution in [2.75, 3.05) is 30.0 Å². The molecule has 0 spiro atoms. The summed E-state index contributed by atoms with van der Waals surface area (Å²) in [6.07, 6.45) is 1.91. The zero-order chi connectivity index (χ0) is 20.1. The van der Waals surface area contributed by atoms with Crippen LogP contribution >= 0.6 is 24.0 Å². The smallest absolute Gasteiger partial charge is 0.267 e. The Balaban J connectivity index is 1.67. The van der Waals surface area contributed by atoms with Crippen molar-refractivity contribution in [3.05, 3.63) is 64.6 Å². The van der Waals surface area contributed by atoms with Crippen molar-refractivity contribution < 1.29 is 4.79 Å². The van der Waals surface area contributed by atoms with E-state index in [0.717, 1.165) is 24.3 Å². The maximum atomic E-state index is 12.8. The van der Waals surface area contributed by atoms with Crippen LogP contribution in [-0.2, 0) is 4.79 Å². The number of carbonyl (C=O) groups is 1. The highest BCUT2D eigenvalue weighted by molar-refractivity contribution is 8.26. The van der Waals surface area contributed by atoms with Gasteiger partial charge in [-0.25, -0.2) is 0 Å². The molecule has 0 radical (unpaired) electrons. The summed E-state index contributed by atoms with van der Waals surface area (Å²) in [4.78, 5) is 17.3. The average molecular weight is 412 g/mol. The molecule has 1 aliphatic heterocycles. The number of anilines is 2. The van der Waals surface area contributed by atoms with E-state index in [-0.39, 0.29) is 5.91 Å². The minimum Gasteiger partial charge on any atom is -0.372 e. The fourth-order valence-electron chi connectivity index (χ4n) is 3.00. The molecule has 3 rings (SSSR count). The van der Waals surface area contributed by atoms with Crippen LogP contribution in [0.15, 0.2) is 53.4 Å². The lowest BCUT2D eigenvalue weighted by atomic mass is 10.1.